The van der Waals surface area contributed by atoms with Gasteiger partial charge in [0.2, 0.25) is 0 Å². The number of aromatic nitrogens is 1. The summed E-state index contributed by atoms with van der Waals surface area (Å²) in [6.45, 7) is 0. The molecule has 0 unspecified atom stereocenters. The Kier molecular flexibility index (Phi) is 3.39. The summed E-state index contributed by atoms with van der Waals surface area (Å²) >= 11 is 0. The predicted molar refractivity (Wildman–Crippen MR) is 65.6 cm³/mol. The Hall–Kier alpha value is -2.94. The Morgan fingerprint density at radius 3 is 2.68 bits per heavy atom. The van der Waals surface area contributed by atoms with Gasteiger partial charge >= 0.3 is 5.97 Å². The summed E-state index contributed by atoms with van der Waals surface area (Å²) in [7, 11) is 0. The zero-order chi connectivity index (χ0) is 13.8. The summed E-state index contributed by atoms with van der Waals surface area (Å²) in [6, 6.07) is 8.50. The standard InChI is InChI=1S/C13H8FN3O2/c14-11-5-8(13(18)19)1-4-12(11)17-10-3-2-9(6-15)16-7-10/h1-5,7,17H,(H,18,19). The van der Waals surface area contributed by atoms with Crippen LogP contribution in [0.3, 0.4) is 0 Å². The highest BCUT2D eigenvalue weighted by Gasteiger charge is 2.08. The molecule has 2 N–H and O–H groups in total. The number of nitrogens with one attached hydrogen (secondary N) is 1. The lowest BCUT2D eigenvalue weighted by Gasteiger charge is -2.07. The van der Waals surface area contributed by atoms with E-state index in [1.54, 1.807) is 6.07 Å². The number of nitriles is 1. The molecule has 0 spiro atoms. The highest BCUT2D eigenvalue weighted by Crippen LogP contribution is 2.20. The molecule has 2 rings (SSSR count). The van der Waals surface area contributed by atoms with Crippen LogP contribution in [0.25, 0.3) is 0 Å². The number of rotatable bonds is 3. The number of carbonyl (C=O) groups is 1. The van der Waals surface area contributed by atoms with E-state index in [1.165, 1.54) is 24.4 Å². The smallest absolute Gasteiger partial charge is 0.335 e. The van der Waals surface area contributed by atoms with Gasteiger partial charge in [0, 0.05) is 0 Å². The molecule has 2 aromatic rings. The van der Waals surface area contributed by atoms with Crippen molar-refractivity contribution >= 4 is 17.3 Å². The van der Waals surface area contributed by atoms with E-state index in [9.17, 15) is 9.18 Å². The Morgan fingerprint density at radius 1 is 1.37 bits per heavy atom. The molecule has 0 aliphatic heterocycles. The first-order chi connectivity index (χ1) is 9.10. The van der Waals surface area contributed by atoms with Crippen molar-refractivity contribution in [2.24, 2.45) is 0 Å². The van der Waals surface area contributed by atoms with E-state index in [4.69, 9.17) is 10.4 Å². The molecule has 0 aliphatic rings. The molecule has 0 bridgehead atoms. The SMILES string of the molecule is N#Cc1ccc(Nc2ccc(C(=O)O)cc2F)cn1. The maximum atomic E-state index is 13.6. The number of anilines is 2. The second-order valence-corrected chi connectivity index (χ2v) is 3.67. The average Bonchev–Trinajstić information content (AvgIpc) is 2.41. The van der Waals surface area contributed by atoms with Gasteiger partial charge in [-0.1, -0.05) is 0 Å². The molecular weight excluding hydrogens is 249 g/mol. The Morgan fingerprint density at radius 2 is 2.16 bits per heavy atom. The molecule has 1 heterocycles. The van der Waals surface area contributed by atoms with Gasteiger partial charge in [-0.05, 0) is 30.3 Å². The highest BCUT2D eigenvalue weighted by molar-refractivity contribution is 5.88. The molecule has 0 atom stereocenters. The van der Waals surface area contributed by atoms with Gasteiger partial charge in [-0.25, -0.2) is 14.2 Å². The quantitative estimate of drug-likeness (QED) is 0.882. The van der Waals surface area contributed by atoms with Gasteiger partial charge in [0.05, 0.1) is 23.1 Å². The van der Waals surface area contributed by atoms with Crippen LogP contribution in [0, 0.1) is 17.1 Å². The molecule has 0 amide bonds. The number of pyridine rings is 1. The summed E-state index contributed by atoms with van der Waals surface area (Å²) in [5.74, 6) is -1.87. The number of carboxylic acid groups (broad SMARTS) is 1. The lowest BCUT2D eigenvalue weighted by molar-refractivity contribution is 0.0696. The van der Waals surface area contributed by atoms with Crippen molar-refractivity contribution in [3.63, 3.8) is 0 Å². The molecular formula is C13H8FN3O2. The average molecular weight is 257 g/mol. The van der Waals surface area contributed by atoms with Crippen LogP contribution in [0.2, 0.25) is 0 Å². The molecule has 19 heavy (non-hydrogen) atoms. The third-order valence-corrected chi connectivity index (χ3v) is 2.37. The summed E-state index contributed by atoms with van der Waals surface area (Å²) in [6.07, 6.45) is 1.39. The molecule has 5 nitrogen and oxygen atoms in total. The number of nitrogens with zero attached hydrogens (tertiary/aromatic N) is 2. The largest absolute Gasteiger partial charge is 0.478 e. The zero-order valence-electron chi connectivity index (χ0n) is 9.59. The predicted octanol–water partition coefficient (Wildman–Crippen LogP) is 2.53. The lowest BCUT2D eigenvalue weighted by Crippen LogP contribution is -2.00. The molecule has 1 aromatic carbocycles. The van der Waals surface area contributed by atoms with Crippen molar-refractivity contribution < 1.29 is 14.3 Å². The monoisotopic (exact) mass is 257 g/mol. The number of halogens is 1. The second kappa shape index (κ2) is 5.14. The van der Waals surface area contributed by atoms with Gasteiger partial charge in [-0.2, -0.15) is 5.26 Å². The summed E-state index contributed by atoms with van der Waals surface area (Å²) in [5.41, 5.74) is 0.769. The third kappa shape index (κ3) is 2.84. The van der Waals surface area contributed by atoms with Crippen LogP contribution in [0.5, 0.6) is 0 Å². The number of aromatic carboxylic acids is 1. The normalized spacial score (nSPS) is 9.68. The van der Waals surface area contributed by atoms with Crippen LogP contribution in [0.4, 0.5) is 15.8 Å². The van der Waals surface area contributed by atoms with Crippen LogP contribution >= 0.6 is 0 Å². The molecule has 0 radical (unpaired) electrons. The number of hydrogen-bond donors (Lipinski definition) is 2. The Balaban J connectivity index is 2.23. The minimum atomic E-state index is -1.19. The van der Waals surface area contributed by atoms with E-state index >= 15 is 0 Å². The van der Waals surface area contributed by atoms with Gasteiger partial charge in [-0.15, -0.1) is 0 Å². The lowest BCUT2D eigenvalue weighted by atomic mass is 10.2. The van der Waals surface area contributed by atoms with Crippen molar-refractivity contribution in [1.29, 1.82) is 5.26 Å². The van der Waals surface area contributed by atoms with Crippen LogP contribution in [0.15, 0.2) is 36.5 Å². The first-order valence-electron chi connectivity index (χ1n) is 5.26. The minimum Gasteiger partial charge on any atom is -0.478 e. The summed E-state index contributed by atoms with van der Waals surface area (Å²) < 4.78 is 13.6. The fourth-order valence-electron chi connectivity index (χ4n) is 1.44. The molecule has 1 aromatic heterocycles. The van der Waals surface area contributed by atoms with Crippen molar-refractivity contribution in [3.8, 4) is 6.07 Å². The van der Waals surface area contributed by atoms with Gasteiger partial charge in [0.25, 0.3) is 0 Å². The van der Waals surface area contributed by atoms with Gasteiger partial charge in [-0.3, -0.25) is 0 Å². The van der Waals surface area contributed by atoms with E-state index < -0.39 is 11.8 Å². The van der Waals surface area contributed by atoms with E-state index in [-0.39, 0.29) is 16.9 Å². The molecule has 6 heteroatoms. The molecule has 0 saturated heterocycles. The van der Waals surface area contributed by atoms with Crippen LogP contribution in [-0.4, -0.2) is 16.1 Å². The van der Waals surface area contributed by atoms with Gasteiger partial charge in [0.1, 0.15) is 17.6 Å². The Bertz CT molecular complexity index is 663. The van der Waals surface area contributed by atoms with Gasteiger partial charge < -0.3 is 10.4 Å². The number of carboxylic acids is 1. The van der Waals surface area contributed by atoms with E-state index in [0.717, 1.165) is 6.07 Å². The third-order valence-electron chi connectivity index (χ3n) is 2.37. The highest BCUT2D eigenvalue weighted by atomic mass is 19.1. The van der Waals surface area contributed by atoms with Gasteiger partial charge in [0.15, 0.2) is 0 Å². The first kappa shape index (κ1) is 12.5. The minimum absolute atomic E-state index is 0.124. The van der Waals surface area contributed by atoms with E-state index in [0.29, 0.717) is 5.69 Å². The number of benzene rings is 1. The van der Waals surface area contributed by atoms with Crippen molar-refractivity contribution in [3.05, 3.63) is 53.6 Å². The maximum Gasteiger partial charge on any atom is 0.335 e. The fourth-order valence-corrected chi connectivity index (χ4v) is 1.44. The fraction of sp³-hybridized carbons (Fsp3) is 0. The number of hydrogen-bond acceptors (Lipinski definition) is 4. The molecule has 0 aliphatic carbocycles. The summed E-state index contributed by atoms with van der Waals surface area (Å²) in [4.78, 5) is 14.5. The first-order valence-corrected chi connectivity index (χ1v) is 5.26. The zero-order valence-corrected chi connectivity index (χ0v) is 9.59. The van der Waals surface area contributed by atoms with Crippen molar-refractivity contribution in [2.75, 3.05) is 5.32 Å². The van der Waals surface area contributed by atoms with E-state index in [2.05, 4.69) is 10.3 Å². The maximum absolute atomic E-state index is 13.6. The molecule has 94 valence electrons. The van der Waals surface area contributed by atoms with Crippen molar-refractivity contribution in [2.45, 2.75) is 0 Å². The van der Waals surface area contributed by atoms with Crippen molar-refractivity contribution in [1.82, 2.24) is 4.98 Å². The van der Waals surface area contributed by atoms with Crippen LogP contribution in [-0.2, 0) is 0 Å². The topological polar surface area (TPSA) is 86.0 Å². The van der Waals surface area contributed by atoms with E-state index in [1.807, 2.05) is 6.07 Å². The Labute approximate surface area is 108 Å². The second-order valence-electron chi connectivity index (χ2n) is 3.67. The molecule has 0 saturated carbocycles. The summed E-state index contributed by atoms with van der Waals surface area (Å²) in [5, 5.41) is 20.1. The van der Waals surface area contributed by atoms with Crippen LogP contribution < -0.4 is 5.32 Å². The van der Waals surface area contributed by atoms with Crippen LogP contribution in [0.1, 0.15) is 16.1 Å². The molecule has 0 fully saturated rings.